The highest BCUT2D eigenvalue weighted by molar-refractivity contribution is 7.17. The van der Waals surface area contributed by atoms with Crippen molar-refractivity contribution in [3.05, 3.63) is 10.6 Å². The summed E-state index contributed by atoms with van der Waals surface area (Å²) in [7, 11) is 0. The third-order valence-corrected chi connectivity index (χ3v) is 5.28. The fourth-order valence-electron chi connectivity index (χ4n) is 2.92. The van der Waals surface area contributed by atoms with E-state index in [1.54, 1.807) is 11.3 Å². The number of amides is 1. The van der Waals surface area contributed by atoms with Gasteiger partial charge in [0.1, 0.15) is 4.88 Å². The smallest absolute Gasteiger partial charge is 0.266 e. The number of carbonyl (C=O) groups excluding carboxylic acids is 1. The predicted molar refractivity (Wildman–Crippen MR) is 86.4 cm³/mol. The monoisotopic (exact) mass is 308 g/mol. The number of thiazole rings is 1. The minimum atomic E-state index is 0.170. The zero-order valence-electron chi connectivity index (χ0n) is 12.9. The molecule has 2 aliphatic heterocycles. The molecule has 1 amide bonds. The van der Waals surface area contributed by atoms with Crippen molar-refractivity contribution in [3.8, 4) is 0 Å². The molecule has 6 heteroatoms. The standard InChI is InChI=1S/C15H24N4OS/c1-11(2)12-13(14(20)18-9-5-16-6-10-18)21-15(17-12)19-7-3-4-8-19/h11,16H,3-10H2,1-2H3. The molecule has 3 rings (SSSR count). The van der Waals surface area contributed by atoms with Crippen molar-refractivity contribution >= 4 is 22.4 Å². The SMILES string of the molecule is CC(C)c1nc(N2CCCC2)sc1C(=O)N1CCNCC1. The largest absolute Gasteiger partial charge is 0.348 e. The van der Waals surface area contributed by atoms with Crippen molar-refractivity contribution in [2.45, 2.75) is 32.6 Å². The van der Waals surface area contributed by atoms with Crippen LogP contribution >= 0.6 is 11.3 Å². The topological polar surface area (TPSA) is 48.5 Å². The quantitative estimate of drug-likeness (QED) is 0.927. The van der Waals surface area contributed by atoms with Crippen LogP contribution in [-0.2, 0) is 0 Å². The Hall–Kier alpha value is -1.14. The van der Waals surface area contributed by atoms with Crippen molar-refractivity contribution in [3.63, 3.8) is 0 Å². The first-order chi connectivity index (χ1) is 10.2. The highest BCUT2D eigenvalue weighted by atomic mass is 32.1. The lowest BCUT2D eigenvalue weighted by Crippen LogP contribution is -2.46. The summed E-state index contributed by atoms with van der Waals surface area (Å²) >= 11 is 1.59. The summed E-state index contributed by atoms with van der Waals surface area (Å²) in [5.41, 5.74) is 0.977. The van der Waals surface area contributed by atoms with Gasteiger partial charge in [0.25, 0.3) is 5.91 Å². The zero-order valence-corrected chi connectivity index (χ0v) is 13.7. The number of nitrogens with zero attached hydrogens (tertiary/aromatic N) is 3. The van der Waals surface area contributed by atoms with E-state index in [0.717, 1.165) is 55.0 Å². The first-order valence-corrected chi connectivity index (χ1v) is 8.74. The van der Waals surface area contributed by atoms with Crippen LogP contribution in [0.4, 0.5) is 5.13 Å². The Morgan fingerprint density at radius 3 is 2.48 bits per heavy atom. The minimum absolute atomic E-state index is 0.170. The van der Waals surface area contributed by atoms with Crippen LogP contribution in [-0.4, -0.2) is 55.1 Å². The van der Waals surface area contributed by atoms with Gasteiger partial charge in [0, 0.05) is 39.3 Å². The van der Waals surface area contributed by atoms with E-state index >= 15 is 0 Å². The van der Waals surface area contributed by atoms with E-state index in [9.17, 15) is 4.79 Å². The molecule has 0 unspecified atom stereocenters. The van der Waals surface area contributed by atoms with E-state index < -0.39 is 0 Å². The molecule has 5 nitrogen and oxygen atoms in total. The Morgan fingerprint density at radius 2 is 1.86 bits per heavy atom. The second-order valence-electron chi connectivity index (χ2n) is 6.10. The van der Waals surface area contributed by atoms with Gasteiger partial charge in [-0.1, -0.05) is 25.2 Å². The number of nitrogens with one attached hydrogen (secondary N) is 1. The minimum Gasteiger partial charge on any atom is -0.348 e. The van der Waals surface area contributed by atoms with Gasteiger partial charge in [-0.2, -0.15) is 0 Å². The van der Waals surface area contributed by atoms with Crippen LogP contribution in [0.5, 0.6) is 0 Å². The number of hydrogen-bond donors (Lipinski definition) is 1. The average Bonchev–Trinajstić information content (AvgIpc) is 3.16. The summed E-state index contributed by atoms with van der Waals surface area (Å²) in [5, 5.41) is 4.33. The molecule has 0 bridgehead atoms. The van der Waals surface area contributed by atoms with Crippen LogP contribution in [0.25, 0.3) is 0 Å². The summed E-state index contributed by atoms with van der Waals surface area (Å²) in [6.07, 6.45) is 2.47. The van der Waals surface area contributed by atoms with Crippen molar-refractivity contribution in [1.82, 2.24) is 15.2 Å². The number of hydrogen-bond acceptors (Lipinski definition) is 5. The van der Waals surface area contributed by atoms with Crippen LogP contribution in [0.1, 0.15) is 48.0 Å². The molecular formula is C15H24N4OS. The summed E-state index contributed by atoms with van der Waals surface area (Å²) in [5.74, 6) is 0.461. The van der Waals surface area contributed by atoms with Gasteiger partial charge in [-0.15, -0.1) is 0 Å². The molecule has 0 aliphatic carbocycles. The molecule has 0 saturated carbocycles. The van der Waals surface area contributed by atoms with Crippen molar-refractivity contribution in [2.75, 3.05) is 44.2 Å². The van der Waals surface area contributed by atoms with Gasteiger partial charge in [0.05, 0.1) is 5.69 Å². The van der Waals surface area contributed by atoms with E-state index in [1.807, 2.05) is 4.90 Å². The van der Waals surface area contributed by atoms with Crippen molar-refractivity contribution in [1.29, 1.82) is 0 Å². The molecule has 116 valence electrons. The summed E-state index contributed by atoms with van der Waals surface area (Å²) in [6.45, 7) is 9.77. The fourth-order valence-corrected chi connectivity index (χ4v) is 4.16. The van der Waals surface area contributed by atoms with E-state index in [1.165, 1.54) is 12.8 Å². The van der Waals surface area contributed by atoms with Crippen LogP contribution in [0.2, 0.25) is 0 Å². The first kappa shape index (κ1) is 14.8. The van der Waals surface area contributed by atoms with E-state index in [-0.39, 0.29) is 5.91 Å². The van der Waals surface area contributed by atoms with Gasteiger partial charge < -0.3 is 15.1 Å². The molecule has 0 atom stereocenters. The van der Waals surface area contributed by atoms with Crippen molar-refractivity contribution < 1.29 is 4.79 Å². The fraction of sp³-hybridized carbons (Fsp3) is 0.733. The van der Waals surface area contributed by atoms with Gasteiger partial charge in [-0.25, -0.2) is 4.98 Å². The van der Waals surface area contributed by atoms with Gasteiger partial charge in [0.2, 0.25) is 0 Å². The molecule has 2 fully saturated rings. The Morgan fingerprint density at radius 1 is 1.19 bits per heavy atom. The Bertz CT molecular complexity index is 502. The maximum atomic E-state index is 12.8. The van der Waals surface area contributed by atoms with Gasteiger partial charge in [-0.05, 0) is 18.8 Å². The van der Waals surface area contributed by atoms with Gasteiger partial charge >= 0.3 is 0 Å². The molecule has 1 aromatic heterocycles. The van der Waals surface area contributed by atoms with Crippen LogP contribution in [0.3, 0.4) is 0 Å². The number of aromatic nitrogens is 1. The molecule has 1 aromatic rings. The van der Waals surface area contributed by atoms with Crippen LogP contribution < -0.4 is 10.2 Å². The maximum Gasteiger partial charge on any atom is 0.266 e. The number of piperazine rings is 1. The number of rotatable bonds is 3. The summed E-state index contributed by atoms with van der Waals surface area (Å²) < 4.78 is 0. The molecule has 1 N–H and O–H groups in total. The Labute approximate surface area is 130 Å². The van der Waals surface area contributed by atoms with Gasteiger partial charge in [-0.3, -0.25) is 4.79 Å². The highest BCUT2D eigenvalue weighted by Gasteiger charge is 2.27. The molecule has 0 radical (unpaired) electrons. The Balaban J connectivity index is 1.86. The first-order valence-electron chi connectivity index (χ1n) is 7.92. The lowest BCUT2D eigenvalue weighted by Gasteiger charge is -2.27. The van der Waals surface area contributed by atoms with Gasteiger partial charge in [0.15, 0.2) is 5.13 Å². The second-order valence-corrected chi connectivity index (χ2v) is 7.08. The van der Waals surface area contributed by atoms with E-state index in [4.69, 9.17) is 4.98 Å². The molecular weight excluding hydrogens is 284 g/mol. The number of carbonyl (C=O) groups is 1. The average molecular weight is 308 g/mol. The lowest BCUT2D eigenvalue weighted by molar-refractivity contribution is 0.0739. The molecule has 0 spiro atoms. The molecule has 0 aromatic carbocycles. The highest BCUT2D eigenvalue weighted by Crippen LogP contribution is 2.33. The molecule has 3 heterocycles. The third-order valence-electron chi connectivity index (χ3n) is 4.16. The molecule has 2 aliphatic rings. The van der Waals surface area contributed by atoms with Crippen LogP contribution in [0, 0.1) is 0 Å². The molecule has 2 saturated heterocycles. The summed E-state index contributed by atoms with van der Waals surface area (Å²) in [4.78, 5) is 22.7. The Kier molecular flexibility index (Phi) is 4.45. The zero-order chi connectivity index (χ0) is 14.8. The third kappa shape index (κ3) is 3.06. The maximum absolute atomic E-state index is 12.8. The second kappa shape index (κ2) is 6.32. The van der Waals surface area contributed by atoms with Crippen LogP contribution in [0.15, 0.2) is 0 Å². The normalized spacial score (nSPS) is 19.6. The summed E-state index contributed by atoms with van der Waals surface area (Å²) in [6, 6.07) is 0. The predicted octanol–water partition coefficient (Wildman–Crippen LogP) is 1.91. The van der Waals surface area contributed by atoms with Crippen molar-refractivity contribution in [2.24, 2.45) is 0 Å². The number of anilines is 1. The van der Waals surface area contributed by atoms with E-state index in [2.05, 4.69) is 24.1 Å². The van der Waals surface area contributed by atoms with E-state index in [0.29, 0.717) is 5.92 Å². The lowest BCUT2D eigenvalue weighted by atomic mass is 10.1. The molecule has 21 heavy (non-hydrogen) atoms.